The molecule has 1 aliphatic rings. The molecule has 28 heavy (non-hydrogen) atoms. The van der Waals surface area contributed by atoms with Gasteiger partial charge in [0, 0.05) is 16.8 Å². The van der Waals surface area contributed by atoms with Gasteiger partial charge in [-0.2, -0.15) is 0 Å². The van der Waals surface area contributed by atoms with Crippen LogP contribution in [0.25, 0.3) is 5.76 Å². The number of carbonyl (C=O) groups excluding carboxylic acids is 2. The minimum atomic E-state index is -0.885. The van der Waals surface area contributed by atoms with Crippen LogP contribution in [-0.2, 0) is 9.59 Å². The summed E-state index contributed by atoms with van der Waals surface area (Å²) < 4.78 is 0. The van der Waals surface area contributed by atoms with Gasteiger partial charge in [0.1, 0.15) is 11.6 Å². The summed E-state index contributed by atoms with van der Waals surface area (Å²) in [5.74, 6) is -1.48. The third-order valence-electron chi connectivity index (χ3n) is 4.59. The van der Waals surface area contributed by atoms with Crippen molar-refractivity contribution in [2.75, 3.05) is 4.90 Å². The summed E-state index contributed by atoms with van der Waals surface area (Å²) in [6.45, 7) is 0. The number of halogens is 1. The normalized spacial score (nSPS) is 18.5. The maximum absolute atomic E-state index is 12.9. The minimum Gasteiger partial charge on any atom is -0.507 e. The molecule has 4 rings (SSSR count). The molecule has 0 saturated carbocycles. The fourth-order valence-corrected chi connectivity index (χ4v) is 3.55. The first-order valence-electron chi connectivity index (χ1n) is 8.61. The number of benzene rings is 2. The number of Topliss-reactive ketones (excluding diaryl/α,β-unsaturated/α-hetero) is 1. The molecule has 3 aromatic rings. The Labute approximate surface area is 166 Å². The zero-order valence-electron chi connectivity index (χ0n) is 14.6. The number of amides is 1. The molecule has 1 amide bonds. The number of aromatic nitrogens is 1. The topological polar surface area (TPSA) is 70.5 Å². The Morgan fingerprint density at radius 1 is 0.929 bits per heavy atom. The Morgan fingerprint density at radius 3 is 2.29 bits per heavy atom. The number of hydrogen-bond acceptors (Lipinski definition) is 4. The monoisotopic (exact) mass is 390 g/mol. The van der Waals surface area contributed by atoms with Crippen molar-refractivity contribution < 1.29 is 14.7 Å². The molecule has 0 spiro atoms. The van der Waals surface area contributed by atoms with Crippen molar-refractivity contribution in [1.82, 2.24) is 4.98 Å². The SMILES string of the molecule is O=C1C(=O)N(c2ccccn2)[C@H](c2ccccc2Cl)/C1=C(\O)c1ccccc1. The molecule has 1 N–H and O–H groups in total. The molecular formula is C22H15ClN2O3. The lowest BCUT2D eigenvalue weighted by molar-refractivity contribution is -0.132. The number of pyridine rings is 1. The van der Waals surface area contributed by atoms with Gasteiger partial charge in [0.15, 0.2) is 0 Å². The third kappa shape index (κ3) is 2.96. The van der Waals surface area contributed by atoms with Gasteiger partial charge in [-0.15, -0.1) is 0 Å². The van der Waals surface area contributed by atoms with Crippen molar-refractivity contribution >= 4 is 34.9 Å². The van der Waals surface area contributed by atoms with Gasteiger partial charge in [0.05, 0.1) is 11.6 Å². The summed E-state index contributed by atoms with van der Waals surface area (Å²) in [5.41, 5.74) is 0.958. The fraction of sp³-hybridized carbons (Fsp3) is 0.0455. The van der Waals surface area contributed by atoms with Gasteiger partial charge in [0.2, 0.25) is 0 Å². The van der Waals surface area contributed by atoms with E-state index >= 15 is 0 Å². The zero-order valence-corrected chi connectivity index (χ0v) is 15.4. The van der Waals surface area contributed by atoms with Gasteiger partial charge >= 0.3 is 5.91 Å². The van der Waals surface area contributed by atoms with E-state index in [4.69, 9.17) is 11.6 Å². The van der Waals surface area contributed by atoms with Crippen LogP contribution < -0.4 is 4.90 Å². The molecule has 1 atom stereocenters. The maximum Gasteiger partial charge on any atom is 0.301 e. The summed E-state index contributed by atoms with van der Waals surface area (Å²) in [7, 11) is 0. The Morgan fingerprint density at radius 2 is 1.61 bits per heavy atom. The van der Waals surface area contributed by atoms with Crippen LogP contribution in [0.15, 0.2) is 84.6 Å². The number of hydrogen-bond donors (Lipinski definition) is 1. The lowest BCUT2D eigenvalue weighted by Crippen LogP contribution is -2.30. The van der Waals surface area contributed by atoms with E-state index in [0.29, 0.717) is 22.0 Å². The van der Waals surface area contributed by atoms with Crippen LogP contribution >= 0.6 is 11.6 Å². The highest BCUT2D eigenvalue weighted by Crippen LogP contribution is 2.43. The van der Waals surface area contributed by atoms with Gasteiger partial charge in [-0.1, -0.05) is 66.2 Å². The molecule has 0 aliphatic carbocycles. The first kappa shape index (κ1) is 17.9. The number of aliphatic hydroxyl groups excluding tert-OH is 1. The molecule has 6 heteroatoms. The number of anilines is 1. The molecule has 5 nitrogen and oxygen atoms in total. The third-order valence-corrected chi connectivity index (χ3v) is 4.93. The van der Waals surface area contributed by atoms with Gasteiger partial charge in [0.25, 0.3) is 5.78 Å². The summed E-state index contributed by atoms with van der Waals surface area (Å²) in [6.07, 6.45) is 1.54. The minimum absolute atomic E-state index is 0.0186. The van der Waals surface area contributed by atoms with Crippen LogP contribution in [0.4, 0.5) is 5.82 Å². The van der Waals surface area contributed by atoms with Gasteiger partial charge in [-0.3, -0.25) is 14.5 Å². The zero-order chi connectivity index (χ0) is 19.7. The molecule has 0 bridgehead atoms. The molecule has 2 aromatic carbocycles. The average Bonchev–Trinajstić information content (AvgIpc) is 3.00. The van der Waals surface area contributed by atoms with Crippen molar-refractivity contribution in [2.24, 2.45) is 0 Å². The highest BCUT2D eigenvalue weighted by molar-refractivity contribution is 6.51. The van der Waals surface area contributed by atoms with Crippen molar-refractivity contribution in [1.29, 1.82) is 0 Å². The quantitative estimate of drug-likeness (QED) is 0.410. The number of aliphatic hydroxyl groups is 1. The molecule has 1 aromatic heterocycles. The van der Waals surface area contributed by atoms with Gasteiger partial charge < -0.3 is 5.11 Å². The molecular weight excluding hydrogens is 376 g/mol. The highest BCUT2D eigenvalue weighted by Gasteiger charge is 2.48. The van der Waals surface area contributed by atoms with E-state index < -0.39 is 17.7 Å². The summed E-state index contributed by atoms with van der Waals surface area (Å²) in [5, 5.41) is 11.3. The first-order chi connectivity index (χ1) is 13.6. The fourth-order valence-electron chi connectivity index (χ4n) is 3.31. The van der Waals surface area contributed by atoms with E-state index in [1.54, 1.807) is 72.8 Å². The summed E-state index contributed by atoms with van der Waals surface area (Å²) in [6, 6.07) is 19.8. The predicted molar refractivity (Wildman–Crippen MR) is 107 cm³/mol. The van der Waals surface area contributed by atoms with Crippen LogP contribution in [-0.4, -0.2) is 21.8 Å². The number of rotatable bonds is 3. The Bertz CT molecular complexity index is 1080. The second kappa shape index (κ2) is 7.29. The van der Waals surface area contributed by atoms with Crippen molar-refractivity contribution in [2.45, 2.75) is 6.04 Å². The van der Waals surface area contributed by atoms with Crippen molar-refractivity contribution in [3.8, 4) is 0 Å². The number of ketones is 1. The van der Waals surface area contributed by atoms with E-state index in [1.807, 2.05) is 0 Å². The average molecular weight is 391 g/mol. The molecule has 0 unspecified atom stereocenters. The van der Waals surface area contributed by atoms with Crippen molar-refractivity contribution in [3.05, 3.63) is 101 Å². The molecule has 0 radical (unpaired) electrons. The van der Waals surface area contributed by atoms with E-state index in [-0.39, 0.29) is 11.3 Å². The molecule has 138 valence electrons. The molecule has 1 saturated heterocycles. The van der Waals surface area contributed by atoms with Crippen LogP contribution in [0.5, 0.6) is 0 Å². The second-order valence-corrected chi connectivity index (χ2v) is 6.65. The van der Waals surface area contributed by atoms with E-state index in [1.165, 1.54) is 11.1 Å². The lowest BCUT2D eigenvalue weighted by Gasteiger charge is -2.25. The Kier molecular flexibility index (Phi) is 4.67. The van der Waals surface area contributed by atoms with E-state index in [9.17, 15) is 14.7 Å². The number of carbonyl (C=O) groups is 2. The second-order valence-electron chi connectivity index (χ2n) is 6.24. The molecule has 2 heterocycles. The van der Waals surface area contributed by atoms with E-state index in [0.717, 1.165) is 0 Å². The molecule has 1 fully saturated rings. The standard InChI is InChI=1S/C22H15ClN2O3/c23-16-11-5-4-10-15(16)19-18(20(26)14-8-2-1-3-9-14)21(27)22(28)25(19)17-12-6-7-13-24-17/h1-13,19,26H/b20-18+/t19-/m1/s1. The van der Waals surface area contributed by atoms with Crippen LogP contribution in [0, 0.1) is 0 Å². The van der Waals surface area contributed by atoms with Crippen LogP contribution in [0.3, 0.4) is 0 Å². The molecule has 1 aliphatic heterocycles. The number of nitrogens with zero attached hydrogens (tertiary/aromatic N) is 2. The lowest BCUT2D eigenvalue weighted by atomic mass is 9.95. The maximum atomic E-state index is 12.9. The predicted octanol–water partition coefficient (Wildman–Crippen LogP) is 4.36. The van der Waals surface area contributed by atoms with Gasteiger partial charge in [-0.05, 0) is 23.8 Å². The van der Waals surface area contributed by atoms with Crippen LogP contribution in [0.1, 0.15) is 17.2 Å². The van der Waals surface area contributed by atoms with E-state index in [2.05, 4.69) is 4.98 Å². The smallest absolute Gasteiger partial charge is 0.301 e. The first-order valence-corrected chi connectivity index (χ1v) is 8.99. The van der Waals surface area contributed by atoms with Crippen molar-refractivity contribution in [3.63, 3.8) is 0 Å². The Hall–Kier alpha value is -3.44. The van der Waals surface area contributed by atoms with Gasteiger partial charge in [-0.25, -0.2) is 4.98 Å². The van der Waals surface area contributed by atoms with Crippen LogP contribution in [0.2, 0.25) is 5.02 Å². The Balaban J connectivity index is 1.98. The summed E-state index contributed by atoms with van der Waals surface area (Å²) >= 11 is 6.39. The largest absolute Gasteiger partial charge is 0.507 e. The summed E-state index contributed by atoms with van der Waals surface area (Å²) in [4.78, 5) is 31.3. The highest BCUT2D eigenvalue weighted by atomic mass is 35.5.